The summed E-state index contributed by atoms with van der Waals surface area (Å²) in [4.78, 5) is 0. The van der Waals surface area contributed by atoms with Crippen molar-refractivity contribution in [3.63, 3.8) is 0 Å². The van der Waals surface area contributed by atoms with Crippen LogP contribution in [-0.2, 0) is 9.84 Å². The molecule has 0 N–H and O–H groups in total. The summed E-state index contributed by atoms with van der Waals surface area (Å²) in [5.74, 6) is 0.914. The summed E-state index contributed by atoms with van der Waals surface area (Å²) in [7, 11) is -2.88. The number of thioether (sulfide) groups is 1. The molecule has 1 atom stereocenters. The summed E-state index contributed by atoms with van der Waals surface area (Å²) in [6.45, 7) is 2.01. The van der Waals surface area contributed by atoms with Crippen molar-refractivity contribution in [3.8, 4) is 11.5 Å². The number of hydrogen-bond donors (Lipinski definition) is 0. The first-order chi connectivity index (χ1) is 9.52. The molecule has 0 bridgehead atoms. The quantitative estimate of drug-likeness (QED) is 0.866. The maximum atomic E-state index is 11.4. The van der Waals surface area contributed by atoms with E-state index in [1.807, 2.05) is 31.2 Å². The van der Waals surface area contributed by atoms with E-state index < -0.39 is 9.84 Å². The largest absolute Gasteiger partial charge is 0.411 e. The Hall–Kier alpha value is -1.34. The van der Waals surface area contributed by atoms with Crippen LogP contribution in [0.3, 0.4) is 0 Å². The standard InChI is InChI=1S/C13H14N2O3S2/c1-9-2-4-10(5-3-9)12-14-15-13(18-12)19-11-6-7-20(16,17)8-11/h2-5,11H,6-8H2,1H3. The van der Waals surface area contributed by atoms with E-state index in [0.29, 0.717) is 17.5 Å². The molecule has 0 radical (unpaired) electrons. The van der Waals surface area contributed by atoms with Crippen molar-refractivity contribution in [3.05, 3.63) is 29.8 Å². The molecule has 1 unspecified atom stereocenters. The van der Waals surface area contributed by atoms with Gasteiger partial charge in [-0.3, -0.25) is 0 Å². The van der Waals surface area contributed by atoms with Crippen LogP contribution >= 0.6 is 11.8 Å². The van der Waals surface area contributed by atoms with Crippen molar-refractivity contribution < 1.29 is 12.8 Å². The Kier molecular flexibility index (Phi) is 3.55. The van der Waals surface area contributed by atoms with E-state index in [4.69, 9.17) is 4.42 Å². The average molecular weight is 310 g/mol. The van der Waals surface area contributed by atoms with Gasteiger partial charge in [-0.05, 0) is 25.5 Å². The summed E-state index contributed by atoms with van der Waals surface area (Å²) in [5, 5.41) is 8.44. The van der Waals surface area contributed by atoms with Gasteiger partial charge in [-0.2, -0.15) is 0 Å². The third-order valence-corrected chi connectivity index (χ3v) is 6.24. The van der Waals surface area contributed by atoms with Gasteiger partial charge in [0.2, 0.25) is 5.89 Å². The highest BCUT2D eigenvalue weighted by molar-refractivity contribution is 8.01. The van der Waals surface area contributed by atoms with Crippen LogP contribution in [0.1, 0.15) is 12.0 Å². The molecule has 2 aromatic rings. The lowest BCUT2D eigenvalue weighted by Crippen LogP contribution is -2.05. The zero-order valence-electron chi connectivity index (χ0n) is 10.9. The van der Waals surface area contributed by atoms with Gasteiger partial charge >= 0.3 is 0 Å². The molecule has 1 aliphatic rings. The van der Waals surface area contributed by atoms with Gasteiger partial charge in [-0.15, -0.1) is 10.2 Å². The van der Waals surface area contributed by atoms with Crippen LogP contribution in [0, 0.1) is 6.92 Å². The fraction of sp³-hybridized carbons (Fsp3) is 0.385. The summed E-state index contributed by atoms with van der Waals surface area (Å²) in [5.41, 5.74) is 2.04. The van der Waals surface area contributed by atoms with Crippen molar-refractivity contribution in [2.75, 3.05) is 11.5 Å². The fourth-order valence-electron chi connectivity index (χ4n) is 2.07. The second kappa shape index (κ2) is 5.21. The van der Waals surface area contributed by atoms with Gasteiger partial charge < -0.3 is 4.42 Å². The molecule has 0 saturated carbocycles. The predicted octanol–water partition coefficient (Wildman–Crippen LogP) is 2.32. The summed E-state index contributed by atoms with van der Waals surface area (Å²) in [6, 6.07) is 7.82. The lowest BCUT2D eigenvalue weighted by atomic mass is 10.1. The van der Waals surface area contributed by atoms with Crippen molar-refractivity contribution in [2.24, 2.45) is 0 Å². The van der Waals surface area contributed by atoms with Crippen molar-refractivity contribution in [2.45, 2.75) is 23.8 Å². The molecule has 7 heteroatoms. The molecule has 3 rings (SSSR count). The average Bonchev–Trinajstić information content (AvgIpc) is 2.98. The first-order valence-electron chi connectivity index (χ1n) is 6.29. The van der Waals surface area contributed by atoms with Crippen LogP contribution in [-0.4, -0.2) is 35.4 Å². The molecule has 5 nitrogen and oxygen atoms in total. The molecule has 0 amide bonds. The Labute approximate surface area is 121 Å². The van der Waals surface area contributed by atoms with Crippen LogP contribution in [0.15, 0.2) is 33.9 Å². The van der Waals surface area contributed by atoms with Gasteiger partial charge in [0.05, 0.1) is 11.5 Å². The maximum absolute atomic E-state index is 11.4. The zero-order chi connectivity index (χ0) is 14.2. The lowest BCUT2D eigenvalue weighted by molar-refractivity contribution is 0.465. The smallest absolute Gasteiger partial charge is 0.277 e. The third kappa shape index (κ3) is 3.04. The highest BCUT2D eigenvalue weighted by Crippen LogP contribution is 2.31. The minimum Gasteiger partial charge on any atom is -0.411 e. The van der Waals surface area contributed by atoms with Crippen molar-refractivity contribution >= 4 is 21.6 Å². The lowest BCUT2D eigenvalue weighted by Gasteiger charge is -2.01. The highest BCUT2D eigenvalue weighted by Gasteiger charge is 2.30. The minimum absolute atomic E-state index is 0.0197. The first kappa shape index (κ1) is 13.6. The number of benzene rings is 1. The van der Waals surface area contributed by atoms with E-state index >= 15 is 0 Å². The Balaban J connectivity index is 1.73. The molecule has 1 saturated heterocycles. The molecule has 106 valence electrons. The van der Waals surface area contributed by atoms with Gasteiger partial charge in [0, 0.05) is 10.8 Å². The summed E-state index contributed by atoms with van der Waals surface area (Å²) in [6.07, 6.45) is 0.648. The second-order valence-electron chi connectivity index (χ2n) is 4.88. The van der Waals surface area contributed by atoms with Crippen molar-refractivity contribution in [1.82, 2.24) is 10.2 Å². The van der Waals surface area contributed by atoms with Gasteiger partial charge in [0.25, 0.3) is 5.22 Å². The van der Waals surface area contributed by atoms with Gasteiger partial charge in [0.15, 0.2) is 9.84 Å². The van der Waals surface area contributed by atoms with Crippen LogP contribution < -0.4 is 0 Å². The van der Waals surface area contributed by atoms with Crippen molar-refractivity contribution in [1.29, 1.82) is 0 Å². The first-order valence-corrected chi connectivity index (χ1v) is 8.99. The SMILES string of the molecule is Cc1ccc(-c2nnc(SC3CCS(=O)(=O)C3)o2)cc1. The van der Waals surface area contributed by atoms with Crippen LogP contribution in [0.25, 0.3) is 11.5 Å². The normalized spacial score (nSPS) is 21.1. The Morgan fingerprint density at radius 2 is 2.00 bits per heavy atom. The number of sulfone groups is 1. The molecule has 0 spiro atoms. The Morgan fingerprint density at radius 1 is 1.25 bits per heavy atom. The molecule has 1 fully saturated rings. The van der Waals surface area contributed by atoms with Crippen LogP contribution in [0.4, 0.5) is 0 Å². The molecule has 0 aliphatic carbocycles. The van der Waals surface area contributed by atoms with E-state index in [1.165, 1.54) is 17.3 Å². The van der Waals surface area contributed by atoms with Gasteiger partial charge in [0.1, 0.15) is 0 Å². The number of nitrogens with zero attached hydrogens (tertiary/aromatic N) is 2. The van der Waals surface area contributed by atoms with E-state index in [-0.39, 0.29) is 16.8 Å². The minimum atomic E-state index is -2.88. The van der Waals surface area contributed by atoms with E-state index in [0.717, 1.165) is 5.56 Å². The molecule has 1 aromatic heterocycles. The van der Waals surface area contributed by atoms with Crippen LogP contribution in [0.5, 0.6) is 0 Å². The fourth-order valence-corrected chi connectivity index (χ4v) is 5.39. The molecule has 2 heterocycles. The summed E-state index contributed by atoms with van der Waals surface area (Å²) < 4.78 is 28.4. The molecular formula is C13H14N2O3S2. The van der Waals surface area contributed by atoms with Gasteiger partial charge in [-0.25, -0.2) is 8.42 Å². The van der Waals surface area contributed by atoms with Gasteiger partial charge in [-0.1, -0.05) is 29.5 Å². The summed E-state index contributed by atoms with van der Waals surface area (Å²) >= 11 is 1.35. The third-order valence-electron chi connectivity index (χ3n) is 3.16. The topological polar surface area (TPSA) is 73.1 Å². The Bertz CT molecular complexity index is 707. The number of rotatable bonds is 3. The monoisotopic (exact) mass is 310 g/mol. The molecular weight excluding hydrogens is 296 g/mol. The van der Waals surface area contributed by atoms with E-state index in [9.17, 15) is 8.42 Å². The molecule has 1 aliphatic heterocycles. The zero-order valence-corrected chi connectivity index (χ0v) is 12.6. The number of aryl methyl sites for hydroxylation is 1. The number of hydrogen-bond acceptors (Lipinski definition) is 6. The predicted molar refractivity (Wildman–Crippen MR) is 77.4 cm³/mol. The van der Waals surface area contributed by atoms with E-state index in [2.05, 4.69) is 10.2 Å². The Morgan fingerprint density at radius 3 is 2.65 bits per heavy atom. The number of aromatic nitrogens is 2. The van der Waals surface area contributed by atoms with Crippen LogP contribution in [0.2, 0.25) is 0 Å². The highest BCUT2D eigenvalue weighted by atomic mass is 32.2. The maximum Gasteiger partial charge on any atom is 0.277 e. The molecule has 1 aromatic carbocycles. The van der Waals surface area contributed by atoms with E-state index in [1.54, 1.807) is 0 Å². The second-order valence-corrected chi connectivity index (χ2v) is 8.36. The molecule has 20 heavy (non-hydrogen) atoms.